The van der Waals surface area contributed by atoms with E-state index in [1.165, 1.54) is 6.07 Å². The molecule has 4 aromatic rings. The van der Waals surface area contributed by atoms with Crippen LogP contribution < -0.4 is 24.3 Å². The molecular formula is C27H23N3O5. The van der Waals surface area contributed by atoms with Gasteiger partial charge in [-0.2, -0.15) is 5.26 Å². The largest absolute Gasteiger partial charge is 0.493 e. The van der Waals surface area contributed by atoms with E-state index >= 15 is 0 Å². The van der Waals surface area contributed by atoms with Crippen LogP contribution in [0.25, 0.3) is 10.9 Å². The number of amides is 1. The molecule has 0 spiro atoms. The fraction of sp³-hybridized carbons (Fsp3) is 0.148. The number of hydrogen-bond acceptors (Lipinski definition) is 7. The maximum Gasteiger partial charge on any atom is 0.417 e. The summed E-state index contributed by atoms with van der Waals surface area (Å²) in [4.78, 5) is 16.8. The molecule has 0 aliphatic carbocycles. The Labute approximate surface area is 202 Å². The van der Waals surface area contributed by atoms with Gasteiger partial charge in [0.05, 0.1) is 31.4 Å². The van der Waals surface area contributed by atoms with Gasteiger partial charge >= 0.3 is 6.09 Å². The molecule has 8 heteroatoms. The second kappa shape index (κ2) is 10.0. The third kappa shape index (κ3) is 4.94. The van der Waals surface area contributed by atoms with Gasteiger partial charge in [-0.1, -0.05) is 6.07 Å². The van der Waals surface area contributed by atoms with Crippen LogP contribution in [0.5, 0.6) is 28.7 Å². The summed E-state index contributed by atoms with van der Waals surface area (Å²) >= 11 is 0. The van der Waals surface area contributed by atoms with Gasteiger partial charge in [-0.15, -0.1) is 0 Å². The number of nitrogens with zero attached hydrogens (tertiary/aromatic N) is 2. The molecule has 1 amide bonds. The lowest BCUT2D eigenvalue weighted by molar-refractivity contribution is 0.215. The summed E-state index contributed by atoms with van der Waals surface area (Å²) < 4.78 is 22.3. The first-order valence-corrected chi connectivity index (χ1v) is 10.7. The molecule has 0 aliphatic rings. The molecule has 0 fully saturated rings. The molecule has 0 atom stereocenters. The predicted molar refractivity (Wildman–Crippen MR) is 132 cm³/mol. The zero-order valence-corrected chi connectivity index (χ0v) is 19.7. The van der Waals surface area contributed by atoms with Crippen LogP contribution in [0.4, 0.5) is 10.5 Å². The van der Waals surface area contributed by atoms with Crippen LogP contribution in [0.2, 0.25) is 0 Å². The van der Waals surface area contributed by atoms with Crippen molar-refractivity contribution in [1.82, 2.24) is 4.98 Å². The summed E-state index contributed by atoms with van der Waals surface area (Å²) in [6.45, 7) is 3.79. The van der Waals surface area contributed by atoms with Gasteiger partial charge < -0.3 is 18.9 Å². The van der Waals surface area contributed by atoms with E-state index in [4.69, 9.17) is 24.2 Å². The molecule has 0 saturated heterocycles. The second-order valence-electron chi connectivity index (χ2n) is 7.65. The van der Waals surface area contributed by atoms with Crippen LogP contribution in [0.1, 0.15) is 16.7 Å². The van der Waals surface area contributed by atoms with Gasteiger partial charge in [0.25, 0.3) is 0 Å². The van der Waals surface area contributed by atoms with Gasteiger partial charge in [0.2, 0.25) is 0 Å². The monoisotopic (exact) mass is 469 g/mol. The van der Waals surface area contributed by atoms with Crippen molar-refractivity contribution in [3.63, 3.8) is 0 Å². The van der Waals surface area contributed by atoms with E-state index in [1.807, 2.05) is 26.0 Å². The van der Waals surface area contributed by atoms with E-state index < -0.39 is 6.09 Å². The fourth-order valence-corrected chi connectivity index (χ4v) is 3.57. The van der Waals surface area contributed by atoms with Gasteiger partial charge in [-0.25, -0.2) is 4.79 Å². The van der Waals surface area contributed by atoms with Crippen molar-refractivity contribution in [3.8, 4) is 34.8 Å². The standard InChI is InChI=1S/C27H23N3O5/c1-16-17(2)23(9-8-21(16)30-27(31)34-19-7-5-6-18(12-19)15-28)35-24-10-11-29-22-14-26(33-4)25(32-3)13-20(22)24/h5-14H,1-4H3,(H,30,31). The maximum atomic E-state index is 12.4. The molecule has 8 nitrogen and oxygen atoms in total. The number of nitriles is 1. The third-order valence-electron chi connectivity index (χ3n) is 5.57. The van der Waals surface area contributed by atoms with Crippen LogP contribution in [-0.4, -0.2) is 25.3 Å². The van der Waals surface area contributed by atoms with Gasteiger partial charge in [-0.3, -0.25) is 10.3 Å². The first-order valence-electron chi connectivity index (χ1n) is 10.7. The summed E-state index contributed by atoms with van der Waals surface area (Å²) in [5.74, 6) is 2.68. The molecule has 1 heterocycles. The Morgan fingerprint density at radius 3 is 2.43 bits per heavy atom. The average molecular weight is 469 g/mol. The minimum Gasteiger partial charge on any atom is -0.493 e. The predicted octanol–water partition coefficient (Wildman–Crippen LogP) is 6.14. The number of ether oxygens (including phenoxy) is 4. The fourth-order valence-electron chi connectivity index (χ4n) is 3.57. The zero-order valence-electron chi connectivity index (χ0n) is 19.7. The number of pyridine rings is 1. The normalized spacial score (nSPS) is 10.4. The molecule has 1 N–H and O–H groups in total. The summed E-state index contributed by atoms with van der Waals surface area (Å²) in [5.41, 5.74) is 3.37. The van der Waals surface area contributed by atoms with Gasteiger partial charge in [0.1, 0.15) is 17.2 Å². The molecular weight excluding hydrogens is 446 g/mol. The molecule has 35 heavy (non-hydrogen) atoms. The number of rotatable bonds is 6. The summed E-state index contributed by atoms with van der Waals surface area (Å²) in [7, 11) is 3.15. The lowest BCUT2D eigenvalue weighted by Gasteiger charge is -2.16. The highest BCUT2D eigenvalue weighted by atomic mass is 16.6. The number of carbonyl (C=O) groups is 1. The van der Waals surface area contributed by atoms with Crippen LogP contribution >= 0.6 is 0 Å². The lowest BCUT2D eigenvalue weighted by atomic mass is 10.1. The van der Waals surface area contributed by atoms with Crippen molar-refractivity contribution >= 4 is 22.7 Å². The molecule has 0 saturated carbocycles. The number of fused-ring (bicyclic) bond motifs is 1. The minimum absolute atomic E-state index is 0.285. The van der Waals surface area contributed by atoms with Crippen LogP contribution in [0, 0.1) is 25.2 Å². The number of hydrogen-bond donors (Lipinski definition) is 1. The first-order chi connectivity index (χ1) is 16.9. The molecule has 176 valence electrons. The first kappa shape index (κ1) is 23.4. The number of aromatic nitrogens is 1. The van der Waals surface area contributed by atoms with Gasteiger partial charge in [0.15, 0.2) is 11.5 Å². The number of benzene rings is 3. The Morgan fingerprint density at radius 2 is 1.69 bits per heavy atom. The smallest absolute Gasteiger partial charge is 0.417 e. The number of anilines is 1. The van der Waals surface area contributed by atoms with E-state index in [0.29, 0.717) is 39.8 Å². The molecule has 4 rings (SSSR count). The van der Waals surface area contributed by atoms with Crippen molar-refractivity contribution in [2.75, 3.05) is 19.5 Å². The van der Waals surface area contributed by atoms with Gasteiger partial charge in [0, 0.05) is 23.3 Å². The van der Waals surface area contributed by atoms with E-state index in [1.54, 1.807) is 62.9 Å². The van der Waals surface area contributed by atoms with Crippen LogP contribution in [-0.2, 0) is 0 Å². The van der Waals surface area contributed by atoms with Crippen molar-refractivity contribution < 1.29 is 23.7 Å². The highest BCUT2D eigenvalue weighted by Gasteiger charge is 2.15. The molecule has 3 aromatic carbocycles. The van der Waals surface area contributed by atoms with Crippen molar-refractivity contribution in [1.29, 1.82) is 5.26 Å². The Kier molecular flexibility index (Phi) is 6.69. The van der Waals surface area contributed by atoms with E-state index in [-0.39, 0.29) is 5.75 Å². The van der Waals surface area contributed by atoms with E-state index in [0.717, 1.165) is 16.5 Å². The Morgan fingerprint density at radius 1 is 0.914 bits per heavy atom. The second-order valence-corrected chi connectivity index (χ2v) is 7.65. The summed E-state index contributed by atoms with van der Waals surface area (Å²) in [6.07, 6.45) is 1.01. The minimum atomic E-state index is -0.655. The third-order valence-corrected chi connectivity index (χ3v) is 5.57. The maximum absolute atomic E-state index is 12.4. The molecule has 0 radical (unpaired) electrons. The SMILES string of the molecule is COc1cc2nccc(Oc3ccc(NC(=O)Oc4cccc(C#N)c4)c(C)c3C)c2cc1OC. The van der Waals surface area contributed by atoms with E-state index in [9.17, 15) is 4.79 Å². The Balaban J connectivity index is 1.57. The highest BCUT2D eigenvalue weighted by molar-refractivity contribution is 5.89. The zero-order chi connectivity index (χ0) is 24.9. The number of nitrogens with one attached hydrogen (secondary N) is 1. The topological polar surface area (TPSA) is 103 Å². The van der Waals surface area contributed by atoms with Crippen LogP contribution in [0.3, 0.4) is 0 Å². The quantitative estimate of drug-likeness (QED) is 0.362. The number of methoxy groups -OCH3 is 2. The average Bonchev–Trinajstić information content (AvgIpc) is 2.87. The van der Waals surface area contributed by atoms with Gasteiger partial charge in [-0.05, 0) is 67.4 Å². The Bertz CT molecular complexity index is 1460. The highest BCUT2D eigenvalue weighted by Crippen LogP contribution is 2.38. The van der Waals surface area contributed by atoms with Crippen molar-refractivity contribution in [3.05, 3.63) is 77.5 Å². The molecule has 0 aliphatic heterocycles. The molecule has 0 unspecified atom stereocenters. The van der Waals surface area contributed by atoms with Crippen molar-refractivity contribution in [2.45, 2.75) is 13.8 Å². The lowest BCUT2D eigenvalue weighted by Crippen LogP contribution is -2.17. The molecule has 0 bridgehead atoms. The van der Waals surface area contributed by atoms with Crippen molar-refractivity contribution in [2.24, 2.45) is 0 Å². The Hall–Kier alpha value is -4.77. The molecule has 1 aromatic heterocycles. The van der Waals surface area contributed by atoms with Crippen LogP contribution in [0.15, 0.2) is 60.8 Å². The number of carbonyl (C=O) groups excluding carboxylic acids is 1. The van der Waals surface area contributed by atoms with E-state index in [2.05, 4.69) is 10.3 Å². The summed E-state index contributed by atoms with van der Waals surface area (Å²) in [6, 6.07) is 17.3. The summed E-state index contributed by atoms with van der Waals surface area (Å²) in [5, 5.41) is 12.5.